The van der Waals surface area contributed by atoms with Crippen LogP contribution in [-0.2, 0) is 9.84 Å². The first-order valence-electron chi connectivity index (χ1n) is 9.52. The predicted octanol–water partition coefficient (Wildman–Crippen LogP) is 3.46. The number of benzene rings is 1. The van der Waals surface area contributed by atoms with Gasteiger partial charge in [0.05, 0.1) is 6.04 Å². The molecule has 1 heterocycles. The summed E-state index contributed by atoms with van der Waals surface area (Å²) in [7, 11) is -3.27. The van der Waals surface area contributed by atoms with E-state index < -0.39 is 15.7 Å². The van der Waals surface area contributed by atoms with Gasteiger partial charge in [0.15, 0.2) is 9.84 Å². The van der Waals surface area contributed by atoms with Crippen LogP contribution < -0.4 is 10.1 Å². The molecule has 1 aromatic carbocycles. The van der Waals surface area contributed by atoms with Crippen molar-refractivity contribution in [1.29, 1.82) is 0 Å². The second-order valence-corrected chi connectivity index (χ2v) is 9.44. The molecule has 1 saturated carbocycles. The van der Waals surface area contributed by atoms with Gasteiger partial charge in [0.2, 0.25) is 5.88 Å². The molecule has 0 aliphatic heterocycles. The zero-order valence-electron chi connectivity index (χ0n) is 16.7. The Morgan fingerprint density at radius 3 is 2.52 bits per heavy atom. The smallest absolute Gasteiger partial charge is 0.258 e. The van der Waals surface area contributed by atoms with Gasteiger partial charge in [-0.2, -0.15) is 4.98 Å². The van der Waals surface area contributed by atoms with Crippen LogP contribution in [0.5, 0.6) is 11.6 Å². The molecule has 7 nitrogen and oxygen atoms in total. The number of nitrogens with zero attached hydrogens (tertiary/aromatic N) is 2. The molecule has 1 unspecified atom stereocenters. The summed E-state index contributed by atoms with van der Waals surface area (Å²) >= 11 is 0. The number of hydrogen-bond acceptors (Lipinski definition) is 6. The molecule has 1 N–H and O–H groups in total. The largest absolute Gasteiger partial charge is 0.438 e. The van der Waals surface area contributed by atoms with Crippen LogP contribution in [0.15, 0.2) is 48.0 Å². The maximum absolute atomic E-state index is 12.9. The molecule has 1 fully saturated rings. The quantitative estimate of drug-likeness (QED) is 0.709. The van der Waals surface area contributed by atoms with Gasteiger partial charge in [0.25, 0.3) is 5.91 Å². The van der Waals surface area contributed by atoms with E-state index in [1.807, 2.05) is 32.0 Å². The van der Waals surface area contributed by atoms with Crippen molar-refractivity contribution in [1.82, 2.24) is 15.3 Å². The fourth-order valence-electron chi connectivity index (χ4n) is 2.73. The van der Waals surface area contributed by atoms with E-state index in [9.17, 15) is 13.2 Å². The number of sulfone groups is 1. The number of nitrogens with one attached hydrogen (secondary N) is 1. The predicted molar refractivity (Wildman–Crippen MR) is 111 cm³/mol. The first kappa shape index (κ1) is 21.0. The summed E-state index contributed by atoms with van der Waals surface area (Å²) in [5, 5.41) is 4.03. The van der Waals surface area contributed by atoms with Crippen LogP contribution in [-0.4, -0.2) is 36.6 Å². The molecule has 1 amide bonds. The maximum Gasteiger partial charge on any atom is 0.258 e. The number of rotatable bonds is 8. The lowest BCUT2D eigenvalue weighted by Crippen LogP contribution is -2.35. The van der Waals surface area contributed by atoms with Crippen LogP contribution in [0.3, 0.4) is 0 Å². The van der Waals surface area contributed by atoms with Crippen molar-refractivity contribution < 1.29 is 17.9 Å². The number of hydrogen-bond donors (Lipinski definition) is 1. The van der Waals surface area contributed by atoms with Gasteiger partial charge in [-0.15, -0.1) is 0 Å². The van der Waals surface area contributed by atoms with Gasteiger partial charge in [0.1, 0.15) is 17.1 Å². The summed E-state index contributed by atoms with van der Waals surface area (Å²) in [6.07, 6.45) is 6.00. The molecule has 0 radical (unpaired) electrons. The topological polar surface area (TPSA) is 98.2 Å². The second kappa shape index (κ2) is 8.73. The summed E-state index contributed by atoms with van der Waals surface area (Å²) in [4.78, 5) is 21.7. The lowest BCUT2D eigenvalue weighted by atomic mass is 10.1. The number of carbonyl (C=O) groups excluding carboxylic acids is 1. The molecule has 1 aliphatic rings. The van der Waals surface area contributed by atoms with Crippen LogP contribution in [0.4, 0.5) is 0 Å². The Bertz CT molecular complexity index is 1000. The average Bonchev–Trinajstić information content (AvgIpc) is 3.50. The minimum atomic E-state index is -3.27. The van der Waals surface area contributed by atoms with Gasteiger partial charge >= 0.3 is 0 Å². The van der Waals surface area contributed by atoms with Crippen LogP contribution in [0.25, 0.3) is 0 Å². The van der Waals surface area contributed by atoms with Gasteiger partial charge < -0.3 is 10.1 Å². The lowest BCUT2D eigenvalue weighted by molar-refractivity contribution is 0.0937. The Balaban J connectivity index is 1.87. The van der Waals surface area contributed by atoms with E-state index in [-0.39, 0.29) is 29.3 Å². The Hall–Kier alpha value is -2.74. The molecule has 154 valence electrons. The van der Waals surface area contributed by atoms with Gasteiger partial charge in [0, 0.05) is 23.8 Å². The van der Waals surface area contributed by atoms with Gasteiger partial charge in [-0.1, -0.05) is 38.1 Å². The van der Waals surface area contributed by atoms with E-state index in [1.54, 1.807) is 12.1 Å². The molecule has 2 aromatic rings. The standard InChI is InChI=1S/C21H25N3O4S/c1-14(2)19-22-13-17(21(24-19)28-16-7-5-4-6-8-16)20(25)23-18(15-9-10-15)11-12-29(3,26)27/h4-8,11-15,18H,9-10H2,1-3H3,(H,23,25)/b12-11+. The van der Waals surface area contributed by atoms with Crippen molar-refractivity contribution in [3.8, 4) is 11.6 Å². The van der Waals surface area contributed by atoms with Crippen molar-refractivity contribution >= 4 is 15.7 Å². The Morgan fingerprint density at radius 2 is 1.93 bits per heavy atom. The summed E-state index contributed by atoms with van der Waals surface area (Å²) in [5.41, 5.74) is 0.205. The van der Waals surface area contributed by atoms with Crippen molar-refractivity contribution in [2.45, 2.75) is 38.6 Å². The van der Waals surface area contributed by atoms with E-state index in [2.05, 4.69) is 15.3 Å². The molecule has 3 rings (SSSR count). The minimum Gasteiger partial charge on any atom is -0.438 e. The highest BCUT2D eigenvalue weighted by Gasteiger charge is 2.32. The summed E-state index contributed by atoms with van der Waals surface area (Å²) in [5.74, 6) is 1.21. The summed E-state index contributed by atoms with van der Waals surface area (Å²) in [6.45, 7) is 3.92. The highest BCUT2D eigenvalue weighted by Crippen LogP contribution is 2.34. The summed E-state index contributed by atoms with van der Waals surface area (Å²) in [6, 6.07) is 8.72. The third-order valence-corrected chi connectivity index (χ3v) is 5.10. The molecule has 0 bridgehead atoms. The average molecular weight is 416 g/mol. The molecular formula is C21H25N3O4S. The molecule has 8 heteroatoms. The van der Waals surface area contributed by atoms with Gasteiger partial charge in [-0.25, -0.2) is 13.4 Å². The maximum atomic E-state index is 12.9. The zero-order chi connectivity index (χ0) is 21.0. The molecule has 1 aromatic heterocycles. The first-order chi connectivity index (χ1) is 13.7. The fourth-order valence-corrected chi connectivity index (χ4v) is 3.18. The monoisotopic (exact) mass is 415 g/mol. The number of aromatic nitrogens is 2. The highest BCUT2D eigenvalue weighted by atomic mass is 32.2. The zero-order valence-corrected chi connectivity index (χ0v) is 17.5. The normalized spacial score (nSPS) is 15.4. The van der Waals surface area contributed by atoms with E-state index in [0.29, 0.717) is 11.6 Å². The molecule has 1 atom stereocenters. The van der Waals surface area contributed by atoms with Crippen LogP contribution >= 0.6 is 0 Å². The number of amides is 1. The Labute approximate surface area is 171 Å². The molecule has 0 spiro atoms. The number of carbonyl (C=O) groups is 1. The Morgan fingerprint density at radius 1 is 1.24 bits per heavy atom. The van der Waals surface area contributed by atoms with E-state index in [4.69, 9.17) is 4.74 Å². The highest BCUT2D eigenvalue weighted by molar-refractivity contribution is 7.93. The molecule has 29 heavy (non-hydrogen) atoms. The third kappa shape index (κ3) is 6.12. The second-order valence-electron chi connectivity index (χ2n) is 7.51. The molecule has 1 aliphatic carbocycles. The van der Waals surface area contributed by atoms with E-state index in [1.165, 1.54) is 12.3 Å². The summed E-state index contributed by atoms with van der Waals surface area (Å²) < 4.78 is 28.8. The van der Waals surface area contributed by atoms with Crippen LogP contribution in [0.1, 0.15) is 48.8 Å². The van der Waals surface area contributed by atoms with Crippen molar-refractivity contribution in [2.75, 3.05) is 6.26 Å². The third-order valence-electron chi connectivity index (χ3n) is 4.45. The lowest BCUT2D eigenvalue weighted by Gasteiger charge is -2.16. The van der Waals surface area contributed by atoms with Crippen molar-refractivity contribution in [2.24, 2.45) is 5.92 Å². The number of para-hydroxylation sites is 1. The number of ether oxygens (including phenoxy) is 1. The Kier molecular flexibility index (Phi) is 6.32. The van der Waals surface area contributed by atoms with Gasteiger partial charge in [-0.3, -0.25) is 4.79 Å². The first-order valence-corrected chi connectivity index (χ1v) is 11.5. The van der Waals surface area contributed by atoms with Crippen LogP contribution in [0, 0.1) is 5.92 Å². The van der Waals surface area contributed by atoms with E-state index >= 15 is 0 Å². The van der Waals surface area contributed by atoms with Crippen molar-refractivity contribution in [3.05, 3.63) is 59.4 Å². The molecule has 0 saturated heterocycles. The van der Waals surface area contributed by atoms with Crippen molar-refractivity contribution in [3.63, 3.8) is 0 Å². The SMILES string of the molecule is CC(C)c1ncc(C(=O)NC(/C=C/S(C)(=O)=O)C2CC2)c(Oc2ccccc2)n1. The minimum absolute atomic E-state index is 0.0714. The van der Waals surface area contributed by atoms with E-state index in [0.717, 1.165) is 24.5 Å². The fraction of sp³-hybridized carbons (Fsp3) is 0.381. The van der Waals surface area contributed by atoms with Gasteiger partial charge in [-0.05, 0) is 30.9 Å². The van der Waals surface area contributed by atoms with Crippen LogP contribution in [0.2, 0.25) is 0 Å². The molecular weight excluding hydrogens is 390 g/mol.